The molecule has 1 aromatic carbocycles. The molecule has 21 heavy (non-hydrogen) atoms. The molecule has 2 heterocycles. The van der Waals surface area contributed by atoms with Crippen molar-refractivity contribution in [2.45, 2.75) is 34.1 Å². The molecular weight excluding hydrogens is 278 g/mol. The van der Waals surface area contributed by atoms with Gasteiger partial charge in [0.15, 0.2) is 0 Å². The lowest BCUT2D eigenvalue weighted by Crippen LogP contribution is -2.00. The van der Waals surface area contributed by atoms with Gasteiger partial charge in [-0.3, -0.25) is 0 Å². The van der Waals surface area contributed by atoms with Crippen molar-refractivity contribution in [3.05, 3.63) is 46.1 Å². The van der Waals surface area contributed by atoms with Gasteiger partial charge in [-0.05, 0) is 44.0 Å². The quantitative estimate of drug-likeness (QED) is 0.745. The molecule has 0 saturated carbocycles. The number of hydrogen-bond donors (Lipinski definition) is 1. The van der Waals surface area contributed by atoms with Gasteiger partial charge in [0, 0.05) is 17.0 Å². The van der Waals surface area contributed by atoms with Crippen LogP contribution in [0.25, 0.3) is 10.2 Å². The molecule has 0 amide bonds. The SMILES string of the molecule is CCc1nc(Nc2cccc(C)c2)c2c(C)c(C)sc2n1. The van der Waals surface area contributed by atoms with E-state index in [1.54, 1.807) is 11.3 Å². The summed E-state index contributed by atoms with van der Waals surface area (Å²) in [5.74, 6) is 1.81. The fourth-order valence-corrected chi connectivity index (χ4v) is 3.45. The second-order valence-electron chi connectivity index (χ2n) is 5.30. The summed E-state index contributed by atoms with van der Waals surface area (Å²) in [6, 6.07) is 8.36. The minimum Gasteiger partial charge on any atom is -0.340 e. The molecule has 0 atom stereocenters. The van der Waals surface area contributed by atoms with Crippen molar-refractivity contribution in [1.82, 2.24) is 9.97 Å². The highest BCUT2D eigenvalue weighted by atomic mass is 32.1. The van der Waals surface area contributed by atoms with Crippen molar-refractivity contribution < 1.29 is 0 Å². The number of aryl methyl sites for hydroxylation is 4. The molecule has 1 N–H and O–H groups in total. The Morgan fingerprint density at radius 3 is 2.67 bits per heavy atom. The monoisotopic (exact) mass is 297 g/mol. The Morgan fingerprint density at radius 1 is 1.14 bits per heavy atom. The number of nitrogens with zero attached hydrogens (tertiary/aromatic N) is 2. The molecule has 3 nitrogen and oxygen atoms in total. The van der Waals surface area contributed by atoms with E-state index in [4.69, 9.17) is 4.98 Å². The van der Waals surface area contributed by atoms with Crippen LogP contribution in [0.3, 0.4) is 0 Å². The van der Waals surface area contributed by atoms with E-state index in [0.29, 0.717) is 0 Å². The van der Waals surface area contributed by atoms with Crippen molar-refractivity contribution in [2.24, 2.45) is 0 Å². The minimum atomic E-state index is 0.842. The van der Waals surface area contributed by atoms with Crippen molar-refractivity contribution in [3.63, 3.8) is 0 Å². The van der Waals surface area contributed by atoms with Crippen molar-refractivity contribution in [3.8, 4) is 0 Å². The zero-order valence-corrected chi connectivity index (χ0v) is 13.6. The average molecular weight is 297 g/mol. The zero-order valence-electron chi connectivity index (χ0n) is 12.8. The fourth-order valence-electron chi connectivity index (χ4n) is 2.40. The first-order valence-corrected chi connectivity index (χ1v) is 8.00. The molecule has 0 aliphatic carbocycles. The Labute approximate surface area is 129 Å². The maximum atomic E-state index is 4.70. The summed E-state index contributed by atoms with van der Waals surface area (Å²) in [5, 5.41) is 4.62. The molecule has 0 fully saturated rings. The lowest BCUT2D eigenvalue weighted by Gasteiger charge is -2.10. The van der Waals surface area contributed by atoms with Gasteiger partial charge in [-0.2, -0.15) is 0 Å². The highest BCUT2D eigenvalue weighted by Gasteiger charge is 2.14. The van der Waals surface area contributed by atoms with Crippen LogP contribution in [0.2, 0.25) is 0 Å². The molecular formula is C17H19N3S. The molecule has 0 aliphatic rings. The van der Waals surface area contributed by atoms with Gasteiger partial charge in [0.2, 0.25) is 0 Å². The molecule has 4 heteroatoms. The average Bonchev–Trinajstić information content (AvgIpc) is 2.74. The molecule has 108 valence electrons. The number of rotatable bonds is 3. The van der Waals surface area contributed by atoms with Gasteiger partial charge in [-0.15, -0.1) is 11.3 Å². The first-order valence-electron chi connectivity index (χ1n) is 7.18. The van der Waals surface area contributed by atoms with Crippen LogP contribution in [-0.4, -0.2) is 9.97 Å². The summed E-state index contributed by atoms with van der Waals surface area (Å²) >= 11 is 1.75. The summed E-state index contributed by atoms with van der Waals surface area (Å²) in [5.41, 5.74) is 3.58. The van der Waals surface area contributed by atoms with Gasteiger partial charge in [0.1, 0.15) is 16.5 Å². The lowest BCUT2D eigenvalue weighted by atomic mass is 10.2. The van der Waals surface area contributed by atoms with Crippen LogP contribution in [0.1, 0.15) is 28.8 Å². The number of anilines is 2. The summed E-state index contributed by atoms with van der Waals surface area (Å²) < 4.78 is 0. The summed E-state index contributed by atoms with van der Waals surface area (Å²) in [7, 11) is 0. The first kappa shape index (κ1) is 14.0. The standard InChI is InChI=1S/C17H19N3S/c1-5-14-19-16(18-13-8-6-7-10(2)9-13)15-11(3)12(4)21-17(15)20-14/h6-9H,5H2,1-4H3,(H,18,19,20). The van der Waals surface area contributed by atoms with Crippen LogP contribution >= 0.6 is 11.3 Å². The summed E-state index contributed by atoms with van der Waals surface area (Å²) in [6.07, 6.45) is 0.842. The van der Waals surface area contributed by atoms with Gasteiger partial charge in [0.05, 0.1) is 5.39 Å². The van der Waals surface area contributed by atoms with E-state index < -0.39 is 0 Å². The lowest BCUT2D eigenvalue weighted by molar-refractivity contribution is 0.967. The van der Waals surface area contributed by atoms with Crippen molar-refractivity contribution in [1.29, 1.82) is 0 Å². The first-order chi connectivity index (χ1) is 10.1. The number of aromatic nitrogens is 2. The van der Waals surface area contributed by atoms with Gasteiger partial charge in [-0.1, -0.05) is 19.1 Å². The Balaban J connectivity index is 2.15. The number of fused-ring (bicyclic) bond motifs is 1. The minimum absolute atomic E-state index is 0.842. The molecule has 3 rings (SSSR count). The third kappa shape index (κ3) is 2.63. The Bertz CT molecular complexity index is 805. The van der Waals surface area contributed by atoms with Crippen molar-refractivity contribution >= 4 is 33.1 Å². The molecule has 0 saturated heterocycles. The topological polar surface area (TPSA) is 37.8 Å². The molecule has 0 unspecified atom stereocenters. The van der Waals surface area contributed by atoms with E-state index in [1.807, 2.05) is 0 Å². The molecule has 3 aromatic rings. The van der Waals surface area contributed by atoms with Gasteiger partial charge < -0.3 is 5.32 Å². The van der Waals surface area contributed by atoms with E-state index in [1.165, 1.54) is 16.0 Å². The second kappa shape index (κ2) is 5.45. The summed E-state index contributed by atoms with van der Waals surface area (Å²) in [4.78, 5) is 11.7. The normalized spacial score (nSPS) is 11.0. The molecule has 0 bridgehead atoms. The number of benzene rings is 1. The predicted molar refractivity (Wildman–Crippen MR) is 90.7 cm³/mol. The van der Waals surface area contributed by atoms with Crippen LogP contribution in [0.5, 0.6) is 0 Å². The predicted octanol–water partition coefficient (Wildman–Crippen LogP) is 4.92. The van der Waals surface area contributed by atoms with E-state index >= 15 is 0 Å². The van der Waals surface area contributed by atoms with E-state index in [-0.39, 0.29) is 0 Å². The smallest absolute Gasteiger partial charge is 0.143 e. The second-order valence-corrected chi connectivity index (χ2v) is 6.50. The van der Waals surface area contributed by atoms with E-state index in [0.717, 1.165) is 34.0 Å². The van der Waals surface area contributed by atoms with Crippen LogP contribution in [0, 0.1) is 20.8 Å². The van der Waals surface area contributed by atoms with Crippen LogP contribution in [-0.2, 0) is 6.42 Å². The Kier molecular flexibility index (Phi) is 3.64. The fraction of sp³-hybridized carbons (Fsp3) is 0.294. The zero-order chi connectivity index (χ0) is 15.0. The molecule has 0 aliphatic heterocycles. The van der Waals surface area contributed by atoms with Gasteiger partial charge in [-0.25, -0.2) is 9.97 Å². The highest BCUT2D eigenvalue weighted by Crippen LogP contribution is 2.34. The summed E-state index contributed by atoms with van der Waals surface area (Å²) in [6.45, 7) is 8.47. The third-order valence-corrected chi connectivity index (χ3v) is 4.77. The largest absolute Gasteiger partial charge is 0.340 e. The number of thiophene rings is 1. The van der Waals surface area contributed by atoms with Crippen LogP contribution in [0.15, 0.2) is 24.3 Å². The van der Waals surface area contributed by atoms with Crippen LogP contribution in [0.4, 0.5) is 11.5 Å². The Hall–Kier alpha value is -1.94. The maximum absolute atomic E-state index is 4.70. The van der Waals surface area contributed by atoms with E-state index in [2.05, 4.69) is 62.3 Å². The van der Waals surface area contributed by atoms with Gasteiger partial charge >= 0.3 is 0 Å². The Morgan fingerprint density at radius 2 is 1.95 bits per heavy atom. The van der Waals surface area contributed by atoms with Gasteiger partial charge in [0.25, 0.3) is 0 Å². The molecule has 0 radical (unpaired) electrons. The number of hydrogen-bond acceptors (Lipinski definition) is 4. The van der Waals surface area contributed by atoms with Crippen molar-refractivity contribution in [2.75, 3.05) is 5.32 Å². The molecule has 2 aromatic heterocycles. The highest BCUT2D eigenvalue weighted by molar-refractivity contribution is 7.18. The number of nitrogens with one attached hydrogen (secondary N) is 1. The van der Waals surface area contributed by atoms with E-state index in [9.17, 15) is 0 Å². The van der Waals surface area contributed by atoms with Crippen LogP contribution < -0.4 is 5.32 Å². The third-order valence-electron chi connectivity index (χ3n) is 3.67. The molecule has 0 spiro atoms. The maximum Gasteiger partial charge on any atom is 0.143 e.